The molecule has 25 heavy (non-hydrogen) atoms. The SMILES string of the molecule is CCNC(=NCC(C)(O)c1cccs1)NCCN1CCCS1(=O)=O.I. The molecule has 1 fully saturated rings. The number of nitrogens with zero attached hydrogens (tertiary/aromatic N) is 2. The van der Waals surface area contributed by atoms with Crippen molar-refractivity contribution in [2.24, 2.45) is 4.99 Å². The molecule has 1 aromatic heterocycles. The van der Waals surface area contributed by atoms with Gasteiger partial charge in [-0.3, -0.25) is 0 Å². The molecule has 0 bridgehead atoms. The number of halogens is 1. The van der Waals surface area contributed by atoms with Gasteiger partial charge >= 0.3 is 0 Å². The van der Waals surface area contributed by atoms with Crippen LogP contribution in [0.5, 0.6) is 0 Å². The second kappa shape index (κ2) is 10.0. The van der Waals surface area contributed by atoms with Crippen LogP contribution in [0, 0.1) is 0 Å². The molecule has 0 spiro atoms. The van der Waals surface area contributed by atoms with Gasteiger partial charge in [-0.15, -0.1) is 35.3 Å². The molecule has 2 heterocycles. The summed E-state index contributed by atoms with van der Waals surface area (Å²) in [5.74, 6) is 0.816. The number of aliphatic imine (C=N–C) groups is 1. The van der Waals surface area contributed by atoms with E-state index in [0.29, 0.717) is 38.6 Å². The smallest absolute Gasteiger partial charge is 0.214 e. The van der Waals surface area contributed by atoms with Crippen molar-refractivity contribution >= 4 is 51.3 Å². The molecule has 1 atom stereocenters. The monoisotopic (exact) mass is 502 g/mol. The minimum absolute atomic E-state index is 0. The molecule has 1 unspecified atom stereocenters. The maximum absolute atomic E-state index is 11.8. The Balaban J connectivity index is 0.00000312. The van der Waals surface area contributed by atoms with E-state index in [0.717, 1.165) is 4.88 Å². The number of hydrogen-bond donors (Lipinski definition) is 3. The third-order valence-electron chi connectivity index (χ3n) is 3.80. The van der Waals surface area contributed by atoms with Crippen molar-refractivity contribution in [1.29, 1.82) is 0 Å². The third-order valence-corrected chi connectivity index (χ3v) is 6.88. The predicted octanol–water partition coefficient (Wildman–Crippen LogP) is 1.16. The summed E-state index contributed by atoms with van der Waals surface area (Å²) in [6, 6.07) is 3.79. The lowest BCUT2D eigenvalue weighted by atomic mass is 10.1. The summed E-state index contributed by atoms with van der Waals surface area (Å²) in [6.45, 7) is 6.10. The van der Waals surface area contributed by atoms with Gasteiger partial charge in [0.15, 0.2) is 5.96 Å². The van der Waals surface area contributed by atoms with E-state index in [9.17, 15) is 13.5 Å². The van der Waals surface area contributed by atoms with Gasteiger partial charge in [0.25, 0.3) is 0 Å². The first-order valence-corrected chi connectivity index (χ1v) is 10.6. The summed E-state index contributed by atoms with van der Waals surface area (Å²) in [5, 5.41) is 18.7. The largest absolute Gasteiger partial charge is 0.383 e. The van der Waals surface area contributed by atoms with Gasteiger partial charge in [-0.2, -0.15) is 0 Å². The first-order chi connectivity index (χ1) is 11.3. The van der Waals surface area contributed by atoms with E-state index in [1.165, 1.54) is 15.6 Å². The number of nitrogens with one attached hydrogen (secondary N) is 2. The van der Waals surface area contributed by atoms with Crippen molar-refractivity contribution in [2.45, 2.75) is 25.9 Å². The molecule has 144 valence electrons. The molecule has 0 aliphatic carbocycles. The van der Waals surface area contributed by atoms with Crippen LogP contribution in [0.25, 0.3) is 0 Å². The van der Waals surface area contributed by atoms with Crippen molar-refractivity contribution in [3.63, 3.8) is 0 Å². The molecule has 1 aliphatic rings. The van der Waals surface area contributed by atoms with Gasteiger partial charge < -0.3 is 15.7 Å². The number of thiophene rings is 1. The summed E-state index contributed by atoms with van der Waals surface area (Å²) in [5.41, 5.74) is -1.02. The minimum atomic E-state index is -3.07. The Labute approximate surface area is 171 Å². The summed E-state index contributed by atoms with van der Waals surface area (Å²) in [7, 11) is -3.07. The molecule has 1 aliphatic heterocycles. The van der Waals surface area contributed by atoms with Crippen LogP contribution in [0.3, 0.4) is 0 Å². The molecule has 10 heteroatoms. The zero-order valence-electron chi connectivity index (χ0n) is 14.6. The first-order valence-electron chi connectivity index (χ1n) is 8.11. The van der Waals surface area contributed by atoms with Gasteiger partial charge in [-0.05, 0) is 31.7 Å². The highest BCUT2D eigenvalue weighted by Crippen LogP contribution is 2.25. The van der Waals surface area contributed by atoms with Crippen LogP contribution in [0.1, 0.15) is 25.1 Å². The van der Waals surface area contributed by atoms with Gasteiger partial charge in [-0.25, -0.2) is 17.7 Å². The lowest BCUT2D eigenvalue weighted by molar-refractivity contribution is 0.0711. The van der Waals surface area contributed by atoms with Crippen LogP contribution in [0.2, 0.25) is 0 Å². The predicted molar refractivity (Wildman–Crippen MR) is 113 cm³/mol. The molecule has 1 saturated heterocycles. The first kappa shape index (κ1) is 22.6. The molecule has 0 saturated carbocycles. The van der Waals surface area contributed by atoms with Crippen molar-refractivity contribution in [2.75, 3.05) is 38.5 Å². The number of aliphatic hydroxyl groups is 1. The zero-order valence-corrected chi connectivity index (χ0v) is 18.5. The number of rotatable bonds is 7. The van der Waals surface area contributed by atoms with E-state index >= 15 is 0 Å². The number of hydrogen-bond acceptors (Lipinski definition) is 5. The van der Waals surface area contributed by atoms with Gasteiger partial charge in [0, 0.05) is 31.1 Å². The van der Waals surface area contributed by atoms with Crippen LogP contribution < -0.4 is 10.6 Å². The van der Waals surface area contributed by atoms with E-state index in [2.05, 4.69) is 15.6 Å². The average molecular weight is 502 g/mol. The van der Waals surface area contributed by atoms with Gasteiger partial charge in [0.1, 0.15) is 5.60 Å². The standard InChI is InChI=1S/C15H26N4O3S2.HI/c1-3-16-14(17-7-9-19-8-5-11-24(19,21)22)18-12-15(2,20)13-6-4-10-23-13;/h4,6,10,20H,3,5,7-9,11-12H2,1-2H3,(H2,16,17,18);1H. The highest BCUT2D eigenvalue weighted by Gasteiger charge is 2.27. The fourth-order valence-corrected chi connectivity index (χ4v) is 4.79. The van der Waals surface area contributed by atoms with Gasteiger partial charge in [0.05, 0.1) is 12.3 Å². The van der Waals surface area contributed by atoms with Crippen molar-refractivity contribution < 1.29 is 13.5 Å². The summed E-state index contributed by atoms with van der Waals surface area (Å²) >= 11 is 1.50. The van der Waals surface area contributed by atoms with Crippen molar-refractivity contribution in [1.82, 2.24) is 14.9 Å². The highest BCUT2D eigenvalue weighted by molar-refractivity contribution is 14.0. The number of guanidine groups is 1. The lowest BCUT2D eigenvalue weighted by Crippen LogP contribution is -2.42. The van der Waals surface area contributed by atoms with E-state index in [1.807, 2.05) is 24.4 Å². The molecule has 3 N–H and O–H groups in total. The Kier molecular flexibility index (Phi) is 9.09. The van der Waals surface area contributed by atoms with Crippen LogP contribution in [-0.4, -0.2) is 62.3 Å². The molecule has 2 rings (SSSR count). The third kappa shape index (κ3) is 6.66. The molecular weight excluding hydrogens is 475 g/mol. The minimum Gasteiger partial charge on any atom is -0.383 e. The Morgan fingerprint density at radius 1 is 1.48 bits per heavy atom. The Bertz CT molecular complexity index is 648. The van der Waals surface area contributed by atoms with Crippen LogP contribution in [0.15, 0.2) is 22.5 Å². The zero-order chi connectivity index (χ0) is 17.6. The summed E-state index contributed by atoms with van der Waals surface area (Å²) in [4.78, 5) is 5.29. The summed E-state index contributed by atoms with van der Waals surface area (Å²) < 4.78 is 25.0. The average Bonchev–Trinajstić information content (AvgIpc) is 3.15. The topological polar surface area (TPSA) is 94.0 Å². The van der Waals surface area contributed by atoms with Crippen molar-refractivity contribution in [3.05, 3.63) is 22.4 Å². The molecule has 1 aromatic rings. The number of sulfonamides is 1. The lowest BCUT2D eigenvalue weighted by Gasteiger charge is -2.21. The molecule has 0 amide bonds. The van der Waals surface area contributed by atoms with Gasteiger partial charge in [0.2, 0.25) is 10.0 Å². The molecule has 0 aromatic carbocycles. The van der Waals surface area contributed by atoms with E-state index in [1.54, 1.807) is 6.92 Å². The van der Waals surface area contributed by atoms with E-state index < -0.39 is 15.6 Å². The molecular formula is C15H27IN4O3S2. The van der Waals surface area contributed by atoms with Crippen LogP contribution in [-0.2, 0) is 15.6 Å². The van der Waals surface area contributed by atoms with Gasteiger partial charge in [-0.1, -0.05) is 6.07 Å². The van der Waals surface area contributed by atoms with E-state index in [4.69, 9.17) is 0 Å². The Hall–Kier alpha value is -0.430. The second-order valence-electron chi connectivity index (χ2n) is 5.94. The normalized spacial score (nSPS) is 19.9. The Morgan fingerprint density at radius 2 is 2.24 bits per heavy atom. The fourth-order valence-electron chi connectivity index (χ4n) is 2.48. The summed E-state index contributed by atoms with van der Waals surface area (Å²) in [6.07, 6.45) is 0.695. The molecule has 7 nitrogen and oxygen atoms in total. The fraction of sp³-hybridized carbons (Fsp3) is 0.667. The quantitative estimate of drug-likeness (QED) is 0.296. The second-order valence-corrected chi connectivity index (χ2v) is 8.98. The molecule has 0 radical (unpaired) electrons. The Morgan fingerprint density at radius 3 is 2.80 bits per heavy atom. The van der Waals surface area contributed by atoms with Crippen LogP contribution in [0.4, 0.5) is 0 Å². The van der Waals surface area contributed by atoms with Crippen molar-refractivity contribution in [3.8, 4) is 0 Å². The van der Waals surface area contributed by atoms with E-state index in [-0.39, 0.29) is 36.3 Å². The maximum atomic E-state index is 11.8. The maximum Gasteiger partial charge on any atom is 0.214 e. The highest BCUT2D eigenvalue weighted by atomic mass is 127. The van der Waals surface area contributed by atoms with Crippen LogP contribution >= 0.6 is 35.3 Å².